The van der Waals surface area contributed by atoms with Gasteiger partial charge in [-0.1, -0.05) is 13.8 Å². The van der Waals surface area contributed by atoms with E-state index in [4.69, 9.17) is 5.11 Å². The molecule has 0 aromatic heterocycles. The average Bonchev–Trinajstić information content (AvgIpc) is 2.08. The molecular weight excluding hydrogens is 166 g/mol. The Morgan fingerprint density at radius 3 is 2.46 bits per heavy atom. The van der Waals surface area contributed by atoms with Gasteiger partial charge in [0.2, 0.25) is 5.91 Å². The SMILES string of the molecule is CC1(C)CCC(NC(=O)CO)CC1. The van der Waals surface area contributed by atoms with Crippen LogP contribution in [0.3, 0.4) is 0 Å². The highest BCUT2D eigenvalue weighted by Crippen LogP contribution is 2.34. The van der Waals surface area contributed by atoms with Crippen molar-refractivity contribution in [3.63, 3.8) is 0 Å². The Kier molecular flexibility index (Phi) is 3.31. The van der Waals surface area contributed by atoms with Crippen LogP contribution in [0.25, 0.3) is 0 Å². The highest BCUT2D eigenvalue weighted by atomic mass is 16.3. The number of rotatable bonds is 2. The van der Waals surface area contributed by atoms with Crippen molar-refractivity contribution in [1.29, 1.82) is 0 Å². The van der Waals surface area contributed by atoms with Crippen LogP contribution in [0, 0.1) is 5.41 Å². The molecule has 0 heterocycles. The second kappa shape index (κ2) is 4.09. The molecule has 0 aromatic carbocycles. The number of carbonyl (C=O) groups is 1. The van der Waals surface area contributed by atoms with Gasteiger partial charge in [0, 0.05) is 6.04 Å². The minimum Gasteiger partial charge on any atom is -0.387 e. The van der Waals surface area contributed by atoms with Crippen LogP contribution >= 0.6 is 0 Å². The van der Waals surface area contributed by atoms with Crippen LogP contribution < -0.4 is 5.32 Å². The fraction of sp³-hybridized carbons (Fsp3) is 0.900. The fourth-order valence-corrected chi connectivity index (χ4v) is 1.82. The Morgan fingerprint density at radius 2 is 2.00 bits per heavy atom. The first kappa shape index (κ1) is 10.5. The Labute approximate surface area is 79.5 Å². The summed E-state index contributed by atoms with van der Waals surface area (Å²) in [6, 6.07) is 0.285. The first-order chi connectivity index (χ1) is 6.03. The second-order valence-corrected chi connectivity index (χ2v) is 4.66. The van der Waals surface area contributed by atoms with Crippen LogP contribution in [-0.2, 0) is 4.79 Å². The molecule has 0 bridgehead atoms. The van der Waals surface area contributed by atoms with Crippen LogP contribution in [0.1, 0.15) is 39.5 Å². The van der Waals surface area contributed by atoms with E-state index in [0.717, 1.165) is 25.7 Å². The monoisotopic (exact) mass is 185 g/mol. The molecule has 0 atom stereocenters. The Hall–Kier alpha value is -0.570. The normalized spacial score (nSPS) is 22.7. The number of carbonyl (C=O) groups excluding carboxylic acids is 1. The lowest BCUT2D eigenvalue weighted by atomic mass is 9.75. The van der Waals surface area contributed by atoms with Crippen molar-refractivity contribution in [3.8, 4) is 0 Å². The maximum absolute atomic E-state index is 10.9. The first-order valence-electron chi connectivity index (χ1n) is 4.94. The highest BCUT2D eigenvalue weighted by Gasteiger charge is 2.27. The number of aliphatic hydroxyl groups is 1. The molecule has 1 amide bonds. The summed E-state index contributed by atoms with van der Waals surface area (Å²) in [4.78, 5) is 10.9. The summed E-state index contributed by atoms with van der Waals surface area (Å²) in [7, 11) is 0. The summed E-state index contributed by atoms with van der Waals surface area (Å²) in [5.41, 5.74) is 0.431. The van der Waals surface area contributed by atoms with Crippen LogP contribution in [0.2, 0.25) is 0 Å². The van der Waals surface area contributed by atoms with Gasteiger partial charge in [0.25, 0.3) is 0 Å². The molecule has 1 aliphatic carbocycles. The number of hydrogen-bond donors (Lipinski definition) is 2. The maximum Gasteiger partial charge on any atom is 0.245 e. The van der Waals surface area contributed by atoms with E-state index in [0.29, 0.717) is 5.41 Å². The molecule has 3 nitrogen and oxygen atoms in total. The van der Waals surface area contributed by atoms with E-state index < -0.39 is 0 Å². The molecule has 1 rings (SSSR count). The highest BCUT2D eigenvalue weighted by molar-refractivity contribution is 5.77. The van der Waals surface area contributed by atoms with E-state index in [1.165, 1.54) is 0 Å². The van der Waals surface area contributed by atoms with Gasteiger partial charge in [0.15, 0.2) is 0 Å². The van der Waals surface area contributed by atoms with Crippen molar-refractivity contribution in [2.75, 3.05) is 6.61 Å². The van der Waals surface area contributed by atoms with E-state index in [1.807, 2.05) is 0 Å². The summed E-state index contributed by atoms with van der Waals surface area (Å²) in [6.45, 7) is 4.13. The van der Waals surface area contributed by atoms with Crippen LogP contribution in [0.4, 0.5) is 0 Å². The second-order valence-electron chi connectivity index (χ2n) is 4.66. The van der Waals surface area contributed by atoms with Crippen molar-refractivity contribution in [2.24, 2.45) is 5.41 Å². The topological polar surface area (TPSA) is 49.3 Å². The minimum absolute atomic E-state index is 0.246. The summed E-state index contributed by atoms with van der Waals surface area (Å²) >= 11 is 0. The lowest BCUT2D eigenvalue weighted by Crippen LogP contribution is -2.40. The number of hydrogen-bond acceptors (Lipinski definition) is 2. The predicted molar refractivity (Wildman–Crippen MR) is 51.3 cm³/mol. The van der Waals surface area contributed by atoms with Gasteiger partial charge in [0.1, 0.15) is 6.61 Å². The summed E-state index contributed by atoms with van der Waals surface area (Å²) < 4.78 is 0. The van der Waals surface area contributed by atoms with Gasteiger partial charge in [0.05, 0.1) is 0 Å². The molecule has 76 valence electrons. The van der Waals surface area contributed by atoms with Crippen molar-refractivity contribution < 1.29 is 9.90 Å². The van der Waals surface area contributed by atoms with Crippen LogP contribution in [-0.4, -0.2) is 23.7 Å². The number of nitrogens with one attached hydrogen (secondary N) is 1. The molecule has 1 aliphatic rings. The van der Waals surface area contributed by atoms with E-state index in [1.54, 1.807) is 0 Å². The maximum atomic E-state index is 10.9. The largest absolute Gasteiger partial charge is 0.387 e. The quantitative estimate of drug-likeness (QED) is 0.676. The zero-order valence-electron chi connectivity index (χ0n) is 8.47. The van der Waals surface area contributed by atoms with E-state index in [2.05, 4.69) is 19.2 Å². The molecule has 0 spiro atoms. The first-order valence-corrected chi connectivity index (χ1v) is 4.94. The van der Waals surface area contributed by atoms with Crippen molar-refractivity contribution in [3.05, 3.63) is 0 Å². The molecule has 0 saturated heterocycles. The summed E-state index contributed by atoms with van der Waals surface area (Å²) in [5.74, 6) is -0.246. The van der Waals surface area contributed by atoms with Crippen molar-refractivity contribution in [1.82, 2.24) is 5.32 Å². The molecule has 13 heavy (non-hydrogen) atoms. The molecular formula is C10H19NO2. The van der Waals surface area contributed by atoms with Crippen LogP contribution in [0.5, 0.6) is 0 Å². The Morgan fingerprint density at radius 1 is 1.46 bits per heavy atom. The van der Waals surface area contributed by atoms with Gasteiger partial charge >= 0.3 is 0 Å². The predicted octanol–water partition coefficient (Wildman–Crippen LogP) is 1.06. The van der Waals surface area contributed by atoms with Gasteiger partial charge < -0.3 is 10.4 Å². The number of amides is 1. The lowest BCUT2D eigenvalue weighted by Gasteiger charge is -2.34. The standard InChI is InChI=1S/C10H19NO2/c1-10(2)5-3-8(4-6-10)11-9(13)7-12/h8,12H,3-7H2,1-2H3,(H,11,13). The molecule has 0 aliphatic heterocycles. The van der Waals surface area contributed by atoms with E-state index >= 15 is 0 Å². The zero-order chi connectivity index (χ0) is 9.90. The molecule has 3 heteroatoms. The fourth-order valence-electron chi connectivity index (χ4n) is 1.82. The third-order valence-electron chi connectivity index (χ3n) is 2.85. The van der Waals surface area contributed by atoms with Gasteiger partial charge in [-0.05, 0) is 31.1 Å². The van der Waals surface area contributed by atoms with E-state index in [9.17, 15) is 4.79 Å². The smallest absolute Gasteiger partial charge is 0.245 e. The molecule has 0 aromatic rings. The molecule has 0 radical (unpaired) electrons. The third-order valence-corrected chi connectivity index (χ3v) is 2.85. The molecule has 1 saturated carbocycles. The van der Waals surface area contributed by atoms with Crippen LogP contribution in [0.15, 0.2) is 0 Å². The lowest BCUT2D eigenvalue weighted by molar-refractivity contribution is -0.124. The number of aliphatic hydroxyl groups excluding tert-OH is 1. The van der Waals surface area contributed by atoms with Gasteiger partial charge in [-0.3, -0.25) is 4.79 Å². The zero-order valence-corrected chi connectivity index (χ0v) is 8.47. The van der Waals surface area contributed by atoms with E-state index in [-0.39, 0.29) is 18.6 Å². The average molecular weight is 185 g/mol. The van der Waals surface area contributed by atoms with Crippen molar-refractivity contribution >= 4 is 5.91 Å². The van der Waals surface area contributed by atoms with Crippen molar-refractivity contribution in [2.45, 2.75) is 45.6 Å². The molecule has 0 unspecified atom stereocenters. The minimum atomic E-state index is -0.389. The Balaban J connectivity index is 2.29. The molecule has 1 fully saturated rings. The summed E-state index contributed by atoms with van der Waals surface area (Å²) in [5, 5.41) is 11.4. The van der Waals surface area contributed by atoms with Gasteiger partial charge in [-0.25, -0.2) is 0 Å². The summed E-state index contributed by atoms with van der Waals surface area (Å²) in [6.07, 6.45) is 4.39. The third kappa shape index (κ3) is 3.35. The van der Waals surface area contributed by atoms with Gasteiger partial charge in [-0.15, -0.1) is 0 Å². The Bertz CT molecular complexity index is 179. The molecule has 2 N–H and O–H groups in total. The van der Waals surface area contributed by atoms with Gasteiger partial charge in [-0.2, -0.15) is 0 Å².